The summed E-state index contributed by atoms with van der Waals surface area (Å²) in [4.78, 5) is 21.3. The average Bonchev–Trinajstić information content (AvgIpc) is 3.29. The van der Waals surface area contributed by atoms with E-state index in [0.29, 0.717) is 31.5 Å². The highest BCUT2D eigenvalue weighted by atomic mass is 35.5. The number of aromatic nitrogens is 2. The largest absolute Gasteiger partial charge is 0.338 e. The van der Waals surface area contributed by atoms with Crippen LogP contribution in [0.25, 0.3) is 32.5 Å². The summed E-state index contributed by atoms with van der Waals surface area (Å²) >= 11 is 20.0. The second-order valence-corrected chi connectivity index (χ2v) is 9.40. The molecule has 0 spiro atoms. The molecule has 8 heteroatoms. The number of hydrogen-bond donors (Lipinski definition) is 2. The van der Waals surface area contributed by atoms with Crippen LogP contribution in [-0.2, 0) is 0 Å². The van der Waals surface area contributed by atoms with Crippen LogP contribution in [0.4, 0.5) is 5.69 Å². The first-order valence-electron chi connectivity index (χ1n) is 9.34. The molecule has 0 saturated heterocycles. The van der Waals surface area contributed by atoms with Gasteiger partial charge in [-0.05, 0) is 48.9 Å². The molecule has 0 bridgehead atoms. The molecule has 0 radical (unpaired) electrons. The molecule has 5 rings (SSSR count). The van der Waals surface area contributed by atoms with Crippen molar-refractivity contribution in [1.29, 1.82) is 0 Å². The zero-order chi connectivity index (χ0) is 21.7. The smallest absolute Gasteiger partial charge is 0.267 e. The maximum Gasteiger partial charge on any atom is 0.267 e. The Morgan fingerprint density at radius 2 is 1.90 bits per heavy atom. The van der Waals surface area contributed by atoms with Gasteiger partial charge in [-0.1, -0.05) is 53.0 Å². The van der Waals surface area contributed by atoms with Crippen molar-refractivity contribution >= 4 is 78.9 Å². The van der Waals surface area contributed by atoms with Crippen molar-refractivity contribution in [3.05, 3.63) is 80.1 Å². The number of aryl methyl sites for hydroxylation is 1. The van der Waals surface area contributed by atoms with Crippen molar-refractivity contribution < 1.29 is 4.79 Å². The molecule has 0 aliphatic rings. The number of thiophene rings is 1. The van der Waals surface area contributed by atoms with Gasteiger partial charge < -0.3 is 10.3 Å². The molecule has 0 unspecified atom stereocenters. The van der Waals surface area contributed by atoms with Gasteiger partial charge in [0.05, 0.1) is 16.1 Å². The first kappa shape index (κ1) is 20.3. The van der Waals surface area contributed by atoms with Crippen molar-refractivity contribution in [2.75, 3.05) is 5.32 Å². The average molecular weight is 487 g/mol. The predicted molar refractivity (Wildman–Crippen MR) is 131 cm³/mol. The lowest BCUT2D eigenvalue weighted by molar-refractivity contribution is 0.103. The van der Waals surface area contributed by atoms with Gasteiger partial charge in [0.25, 0.3) is 5.91 Å². The Bertz CT molecular complexity index is 1450. The summed E-state index contributed by atoms with van der Waals surface area (Å²) < 4.78 is 0.868. The molecule has 0 atom stereocenters. The molecule has 2 heterocycles. The van der Waals surface area contributed by atoms with Gasteiger partial charge in [0.1, 0.15) is 10.7 Å². The molecular weight excluding hydrogens is 473 g/mol. The Kier molecular flexibility index (Phi) is 5.15. The second kappa shape index (κ2) is 7.84. The molecule has 2 N–H and O–H groups in total. The lowest BCUT2D eigenvalue weighted by Crippen LogP contribution is -2.10. The van der Waals surface area contributed by atoms with Crippen LogP contribution in [0.1, 0.15) is 15.2 Å². The van der Waals surface area contributed by atoms with Crippen LogP contribution in [0, 0.1) is 6.92 Å². The number of benzene rings is 3. The third-order valence-corrected chi connectivity index (χ3v) is 7.25. The molecule has 3 aromatic carbocycles. The number of halogens is 3. The monoisotopic (exact) mass is 485 g/mol. The molecule has 0 aliphatic heterocycles. The molecule has 5 aromatic rings. The van der Waals surface area contributed by atoms with Gasteiger partial charge in [0.15, 0.2) is 0 Å². The number of carbonyl (C=O) groups is 1. The Balaban J connectivity index is 1.46. The van der Waals surface area contributed by atoms with Crippen molar-refractivity contribution in [3.8, 4) is 11.4 Å². The van der Waals surface area contributed by atoms with E-state index in [2.05, 4.69) is 15.3 Å². The lowest BCUT2D eigenvalue weighted by atomic mass is 10.2. The Morgan fingerprint density at radius 1 is 1.06 bits per heavy atom. The maximum absolute atomic E-state index is 12.9. The Hall–Kier alpha value is -2.57. The van der Waals surface area contributed by atoms with E-state index in [0.717, 1.165) is 32.2 Å². The number of imidazole rings is 1. The molecule has 2 aromatic heterocycles. The van der Waals surface area contributed by atoms with Gasteiger partial charge >= 0.3 is 0 Å². The number of nitrogens with one attached hydrogen (secondary N) is 2. The minimum absolute atomic E-state index is 0.272. The Morgan fingerprint density at radius 3 is 2.74 bits per heavy atom. The number of rotatable bonds is 3. The van der Waals surface area contributed by atoms with Gasteiger partial charge in [-0.15, -0.1) is 11.3 Å². The lowest BCUT2D eigenvalue weighted by Gasteiger charge is -2.06. The maximum atomic E-state index is 12.9. The van der Waals surface area contributed by atoms with E-state index in [1.807, 2.05) is 49.4 Å². The van der Waals surface area contributed by atoms with Crippen LogP contribution in [0.15, 0.2) is 54.6 Å². The zero-order valence-electron chi connectivity index (χ0n) is 16.1. The van der Waals surface area contributed by atoms with E-state index in [9.17, 15) is 4.79 Å². The molecule has 31 heavy (non-hydrogen) atoms. The molecule has 0 aliphatic carbocycles. The number of amides is 1. The SMILES string of the molecule is Cc1cc2[nH]c(-c3cccc(NC(=O)c4sc5cc(Cl)ccc5c4Cl)c3)nc2cc1Cl. The highest BCUT2D eigenvalue weighted by Gasteiger charge is 2.18. The van der Waals surface area contributed by atoms with E-state index in [1.165, 1.54) is 11.3 Å². The third kappa shape index (κ3) is 3.79. The first-order chi connectivity index (χ1) is 14.9. The summed E-state index contributed by atoms with van der Waals surface area (Å²) in [5.41, 5.74) is 4.16. The molecule has 0 saturated carbocycles. The molecular formula is C23H14Cl3N3OS. The van der Waals surface area contributed by atoms with E-state index in [4.69, 9.17) is 34.8 Å². The fourth-order valence-electron chi connectivity index (χ4n) is 3.39. The number of H-pyrrole nitrogens is 1. The fourth-order valence-corrected chi connectivity index (χ4v) is 5.24. The predicted octanol–water partition coefficient (Wildman–Crippen LogP) is 7.97. The fraction of sp³-hybridized carbons (Fsp3) is 0.0435. The number of nitrogens with zero attached hydrogens (tertiary/aromatic N) is 1. The van der Waals surface area contributed by atoms with Gasteiger partial charge in [0.2, 0.25) is 0 Å². The van der Waals surface area contributed by atoms with Gasteiger partial charge in [-0.2, -0.15) is 0 Å². The quantitative estimate of drug-likeness (QED) is 0.272. The number of aromatic amines is 1. The highest BCUT2D eigenvalue weighted by molar-refractivity contribution is 7.21. The van der Waals surface area contributed by atoms with Crippen LogP contribution in [0.2, 0.25) is 15.1 Å². The van der Waals surface area contributed by atoms with Gasteiger partial charge in [-0.25, -0.2) is 4.98 Å². The topological polar surface area (TPSA) is 57.8 Å². The molecule has 1 amide bonds. The number of carbonyl (C=O) groups excluding carboxylic acids is 1. The minimum Gasteiger partial charge on any atom is -0.338 e. The highest BCUT2D eigenvalue weighted by Crippen LogP contribution is 2.37. The zero-order valence-corrected chi connectivity index (χ0v) is 19.2. The summed E-state index contributed by atoms with van der Waals surface area (Å²) in [6.07, 6.45) is 0. The van der Waals surface area contributed by atoms with Crippen LogP contribution in [0.3, 0.4) is 0 Å². The summed E-state index contributed by atoms with van der Waals surface area (Å²) in [6, 6.07) is 16.7. The third-order valence-electron chi connectivity index (χ3n) is 4.95. The number of anilines is 1. The van der Waals surface area contributed by atoms with E-state index in [-0.39, 0.29) is 5.91 Å². The molecule has 0 fully saturated rings. The summed E-state index contributed by atoms with van der Waals surface area (Å²) in [5, 5.41) is 5.44. The standard InChI is InChI=1S/C23H14Cl3N3OS/c1-11-7-17-18(10-16(11)25)29-22(28-17)12-3-2-4-14(8-12)27-23(30)21-20(26)15-6-5-13(24)9-19(15)31-21/h2-10H,1H3,(H,27,30)(H,28,29). The van der Waals surface area contributed by atoms with Crippen LogP contribution in [0.5, 0.6) is 0 Å². The molecule has 4 nitrogen and oxygen atoms in total. The summed E-state index contributed by atoms with van der Waals surface area (Å²) in [6.45, 7) is 1.95. The van der Waals surface area contributed by atoms with Gasteiger partial charge in [0, 0.05) is 31.4 Å². The molecule has 154 valence electrons. The van der Waals surface area contributed by atoms with Crippen molar-refractivity contribution in [2.45, 2.75) is 6.92 Å². The summed E-state index contributed by atoms with van der Waals surface area (Å²) in [5.74, 6) is 0.425. The number of fused-ring (bicyclic) bond motifs is 2. The van der Waals surface area contributed by atoms with Gasteiger partial charge in [-0.3, -0.25) is 4.79 Å². The Labute approximate surface area is 196 Å². The van der Waals surface area contributed by atoms with Crippen molar-refractivity contribution in [2.24, 2.45) is 0 Å². The second-order valence-electron chi connectivity index (χ2n) is 7.12. The van der Waals surface area contributed by atoms with Crippen LogP contribution >= 0.6 is 46.1 Å². The number of hydrogen-bond acceptors (Lipinski definition) is 3. The van der Waals surface area contributed by atoms with Crippen molar-refractivity contribution in [1.82, 2.24) is 9.97 Å². The summed E-state index contributed by atoms with van der Waals surface area (Å²) in [7, 11) is 0. The van der Waals surface area contributed by atoms with E-state index in [1.54, 1.807) is 12.1 Å². The van der Waals surface area contributed by atoms with Crippen LogP contribution < -0.4 is 5.32 Å². The first-order valence-corrected chi connectivity index (χ1v) is 11.3. The van der Waals surface area contributed by atoms with Crippen molar-refractivity contribution in [3.63, 3.8) is 0 Å². The normalized spacial score (nSPS) is 11.4. The van der Waals surface area contributed by atoms with E-state index >= 15 is 0 Å². The van der Waals surface area contributed by atoms with E-state index < -0.39 is 0 Å². The minimum atomic E-state index is -0.272. The van der Waals surface area contributed by atoms with Crippen LogP contribution in [-0.4, -0.2) is 15.9 Å².